The van der Waals surface area contributed by atoms with Crippen LogP contribution in [-0.2, 0) is 4.74 Å². The molecule has 1 amide bonds. The van der Waals surface area contributed by atoms with Crippen LogP contribution in [0.3, 0.4) is 0 Å². The molecule has 5 nitrogen and oxygen atoms in total. The Morgan fingerprint density at radius 3 is 3.09 bits per heavy atom. The molecule has 0 N–H and O–H groups in total. The zero-order chi connectivity index (χ0) is 15.5. The fourth-order valence-corrected chi connectivity index (χ4v) is 3.69. The first-order valence-corrected chi connectivity index (χ1v) is 8.62. The second-order valence-electron chi connectivity index (χ2n) is 6.18. The minimum Gasteiger partial charge on any atom is -0.373 e. The third-order valence-corrected chi connectivity index (χ3v) is 5.09. The summed E-state index contributed by atoms with van der Waals surface area (Å²) in [7, 11) is 2.12. The molecular formula is C16H21N3O2S. The van der Waals surface area contributed by atoms with Gasteiger partial charge in [0.1, 0.15) is 10.9 Å². The van der Waals surface area contributed by atoms with Gasteiger partial charge in [-0.2, -0.15) is 5.26 Å². The second kappa shape index (κ2) is 6.78. The topological polar surface area (TPSA) is 56.6 Å². The summed E-state index contributed by atoms with van der Waals surface area (Å²) in [6.07, 6.45) is 2.75. The number of hydrogen-bond acceptors (Lipinski definition) is 5. The Kier molecular flexibility index (Phi) is 4.77. The van der Waals surface area contributed by atoms with Crippen molar-refractivity contribution in [3.63, 3.8) is 0 Å². The van der Waals surface area contributed by atoms with Gasteiger partial charge in [0.2, 0.25) is 0 Å². The van der Waals surface area contributed by atoms with Crippen LogP contribution < -0.4 is 0 Å². The number of carbonyl (C=O) groups is 1. The summed E-state index contributed by atoms with van der Waals surface area (Å²) >= 11 is 1.34. The summed E-state index contributed by atoms with van der Waals surface area (Å²) < 4.78 is 5.81. The molecule has 1 aromatic rings. The SMILES string of the molecule is CN(CC1CC1)C[C@@H]1CN(C(=O)c2sccc2C#N)CCO1. The Morgan fingerprint density at radius 1 is 1.55 bits per heavy atom. The average Bonchev–Trinajstić information content (AvgIpc) is 3.19. The van der Waals surface area contributed by atoms with E-state index in [2.05, 4.69) is 18.0 Å². The lowest BCUT2D eigenvalue weighted by molar-refractivity contribution is -0.0332. The zero-order valence-corrected chi connectivity index (χ0v) is 13.6. The van der Waals surface area contributed by atoms with E-state index in [4.69, 9.17) is 10.00 Å². The predicted molar refractivity (Wildman–Crippen MR) is 84.9 cm³/mol. The number of ether oxygens (including phenoxy) is 1. The van der Waals surface area contributed by atoms with Crippen molar-refractivity contribution in [1.29, 1.82) is 5.26 Å². The van der Waals surface area contributed by atoms with Crippen LogP contribution in [0.1, 0.15) is 28.1 Å². The molecule has 1 aromatic heterocycles. The highest BCUT2D eigenvalue weighted by Crippen LogP contribution is 2.29. The van der Waals surface area contributed by atoms with Crippen LogP contribution in [0.25, 0.3) is 0 Å². The molecule has 0 aromatic carbocycles. The second-order valence-corrected chi connectivity index (χ2v) is 7.10. The van der Waals surface area contributed by atoms with Crippen molar-refractivity contribution in [1.82, 2.24) is 9.80 Å². The predicted octanol–water partition coefficient (Wildman–Crippen LogP) is 1.80. The maximum absolute atomic E-state index is 12.6. The fourth-order valence-electron chi connectivity index (χ4n) is 2.88. The van der Waals surface area contributed by atoms with Gasteiger partial charge in [0, 0.05) is 26.2 Å². The van der Waals surface area contributed by atoms with Crippen molar-refractivity contribution in [3.05, 3.63) is 21.9 Å². The van der Waals surface area contributed by atoms with E-state index in [-0.39, 0.29) is 12.0 Å². The number of amides is 1. The van der Waals surface area contributed by atoms with Crippen LogP contribution in [0.4, 0.5) is 0 Å². The number of likely N-dealkylation sites (N-methyl/N-ethyl adjacent to an activating group) is 1. The molecule has 1 aliphatic heterocycles. The molecule has 22 heavy (non-hydrogen) atoms. The summed E-state index contributed by atoms with van der Waals surface area (Å²) in [5.41, 5.74) is 0.476. The van der Waals surface area contributed by atoms with Gasteiger partial charge in [0.05, 0.1) is 18.3 Å². The van der Waals surface area contributed by atoms with Gasteiger partial charge in [0.15, 0.2) is 0 Å². The van der Waals surface area contributed by atoms with Crippen LogP contribution in [0.5, 0.6) is 0 Å². The van der Waals surface area contributed by atoms with Crippen LogP contribution >= 0.6 is 11.3 Å². The Bertz CT molecular complexity index is 576. The van der Waals surface area contributed by atoms with E-state index >= 15 is 0 Å². The van der Waals surface area contributed by atoms with Gasteiger partial charge >= 0.3 is 0 Å². The molecule has 1 atom stereocenters. The molecule has 1 saturated carbocycles. The number of morpholine rings is 1. The summed E-state index contributed by atoms with van der Waals surface area (Å²) in [4.78, 5) is 17.3. The molecule has 0 unspecified atom stereocenters. The summed E-state index contributed by atoms with van der Waals surface area (Å²) in [5, 5.41) is 10.9. The van der Waals surface area contributed by atoms with Gasteiger partial charge in [0.25, 0.3) is 5.91 Å². The average molecular weight is 319 g/mol. The van der Waals surface area contributed by atoms with Crippen LogP contribution in [-0.4, -0.2) is 61.6 Å². The molecule has 2 heterocycles. The smallest absolute Gasteiger partial charge is 0.265 e. The lowest BCUT2D eigenvalue weighted by Crippen LogP contribution is -2.49. The Morgan fingerprint density at radius 2 is 2.36 bits per heavy atom. The Labute approximate surface area is 135 Å². The van der Waals surface area contributed by atoms with Crippen LogP contribution in [0.15, 0.2) is 11.4 Å². The van der Waals surface area contributed by atoms with E-state index in [1.54, 1.807) is 11.4 Å². The first-order chi connectivity index (χ1) is 10.7. The summed E-state index contributed by atoms with van der Waals surface area (Å²) in [6, 6.07) is 3.80. The number of carbonyl (C=O) groups excluding carboxylic acids is 1. The lowest BCUT2D eigenvalue weighted by Gasteiger charge is -2.34. The first kappa shape index (κ1) is 15.5. The Hall–Kier alpha value is -1.42. The fraction of sp³-hybridized carbons (Fsp3) is 0.625. The van der Waals surface area contributed by atoms with E-state index < -0.39 is 0 Å². The van der Waals surface area contributed by atoms with E-state index in [9.17, 15) is 4.79 Å². The number of thiophene rings is 1. The van der Waals surface area contributed by atoms with Crippen molar-refractivity contribution >= 4 is 17.2 Å². The van der Waals surface area contributed by atoms with Crippen molar-refractivity contribution in [2.75, 3.05) is 39.8 Å². The minimum atomic E-state index is -0.0373. The first-order valence-electron chi connectivity index (χ1n) is 7.74. The molecule has 2 fully saturated rings. The van der Waals surface area contributed by atoms with E-state index in [0.29, 0.717) is 30.1 Å². The van der Waals surface area contributed by atoms with Gasteiger partial charge in [-0.15, -0.1) is 11.3 Å². The third-order valence-electron chi connectivity index (χ3n) is 4.19. The quantitative estimate of drug-likeness (QED) is 0.830. The molecule has 0 bridgehead atoms. The van der Waals surface area contributed by atoms with Crippen molar-refractivity contribution in [3.8, 4) is 6.07 Å². The lowest BCUT2D eigenvalue weighted by atomic mass is 10.2. The molecule has 1 aliphatic carbocycles. The number of nitrogens with zero attached hydrogens (tertiary/aromatic N) is 3. The summed E-state index contributed by atoms with van der Waals surface area (Å²) in [6.45, 7) is 3.76. The van der Waals surface area contributed by atoms with Gasteiger partial charge in [-0.05, 0) is 37.3 Å². The normalized spacial score (nSPS) is 21.9. The molecule has 0 radical (unpaired) electrons. The van der Waals surface area contributed by atoms with Crippen LogP contribution in [0, 0.1) is 17.2 Å². The van der Waals surface area contributed by atoms with E-state index in [1.807, 2.05) is 4.90 Å². The van der Waals surface area contributed by atoms with Crippen molar-refractivity contribution < 1.29 is 9.53 Å². The number of hydrogen-bond donors (Lipinski definition) is 0. The van der Waals surface area contributed by atoms with Crippen molar-refractivity contribution in [2.45, 2.75) is 18.9 Å². The highest BCUT2D eigenvalue weighted by atomic mass is 32.1. The van der Waals surface area contributed by atoms with Gasteiger partial charge in [-0.3, -0.25) is 4.79 Å². The maximum Gasteiger partial charge on any atom is 0.265 e. The third kappa shape index (κ3) is 3.67. The monoisotopic (exact) mass is 319 g/mol. The highest BCUT2D eigenvalue weighted by molar-refractivity contribution is 7.12. The number of nitriles is 1. The van der Waals surface area contributed by atoms with Crippen LogP contribution in [0.2, 0.25) is 0 Å². The van der Waals surface area contributed by atoms with Crippen molar-refractivity contribution in [2.24, 2.45) is 5.92 Å². The highest BCUT2D eigenvalue weighted by Gasteiger charge is 2.29. The molecular weight excluding hydrogens is 298 g/mol. The molecule has 3 rings (SSSR count). The van der Waals surface area contributed by atoms with Gasteiger partial charge in [-0.1, -0.05) is 0 Å². The van der Waals surface area contributed by atoms with Gasteiger partial charge < -0.3 is 14.5 Å². The number of rotatable bonds is 5. The molecule has 6 heteroatoms. The van der Waals surface area contributed by atoms with E-state index in [1.165, 1.54) is 24.2 Å². The van der Waals surface area contributed by atoms with E-state index in [0.717, 1.165) is 19.0 Å². The molecule has 1 saturated heterocycles. The molecule has 2 aliphatic rings. The minimum absolute atomic E-state index is 0.0373. The van der Waals surface area contributed by atoms with Gasteiger partial charge in [-0.25, -0.2) is 0 Å². The molecule has 0 spiro atoms. The largest absolute Gasteiger partial charge is 0.373 e. The maximum atomic E-state index is 12.6. The summed E-state index contributed by atoms with van der Waals surface area (Å²) in [5.74, 6) is 0.820. The Balaban J connectivity index is 1.57. The standard InChI is InChI=1S/C16H21N3O2S/c1-18(9-12-2-3-12)10-14-11-19(5-6-21-14)16(20)15-13(8-17)4-7-22-15/h4,7,12,14H,2-3,5-6,9-11H2,1H3/t14-/m1/s1. The zero-order valence-electron chi connectivity index (χ0n) is 12.8. The molecule has 118 valence electrons.